The summed E-state index contributed by atoms with van der Waals surface area (Å²) in [6.07, 6.45) is 1.90. The largest absolute Gasteiger partial charge is 0.493 e. The molecular weight excluding hydrogens is 554 g/mol. The van der Waals surface area contributed by atoms with Gasteiger partial charge in [0.15, 0.2) is 29.7 Å². The Labute approximate surface area is 252 Å². The Bertz CT molecular complexity index is 1510. The van der Waals surface area contributed by atoms with Crippen molar-refractivity contribution in [2.75, 3.05) is 19.0 Å². The third-order valence-corrected chi connectivity index (χ3v) is 8.59. The number of methoxy groups -OCH3 is 1. The van der Waals surface area contributed by atoms with Gasteiger partial charge in [-0.15, -0.1) is 0 Å². The molecule has 2 aromatic carbocycles. The van der Waals surface area contributed by atoms with Gasteiger partial charge in [-0.1, -0.05) is 45.4 Å². The van der Waals surface area contributed by atoms with Gasteiger partial charge in [0.1, 0.15) is 11.5 Å². The van der Waals surface area contributed by atoms with Gasteiger partial charge in [-0.05, 0) is 65.6 Å². The number of nitrogens with one attached hydrogen (secondary N) is 1. The Morgan fingerprint density at radius 2 is 1.52 bits per heavy atom. The molecule has 2 aliphatic carbocycles. The summed E-state index contributed by atoms with van der Waals surface area (Å²) in [5, 5.41) is 3.05. The van der Waals surface area contributed by atoms with Crippen LogP contribution in [0, 0.1) is 24.7 Å². The molecule has 0 radical (unpaired) electrons. The SMILES string of the molecule is COc1cc(C2C3=C(CC(C)(C)CC3=O)OC3=C2C(=O)CC(C)(C)C3)cc(Cl)c1OCC(=O)Nc1ccc(C)c(C)c1. The highest BCUT2D eigenvalue weighted by atomic mass is 35.5. The molecule has 1 aliphatic heterocycles. The fraction of sp³-hybridized carbons (Fsp3) is 0.441. The first-order valence-corrected chi connectivity index (χ1v) is 14.6. The third kappa shape index (κ3) is 5.84. The third-order valence-electron chi connectivity index (χ3n) is 8.31. The molecule has 0 spiro atoms. The number of amides is 1. The van der Waals surface area contributed by atoms with Crippen LogP contribution < -0.4 is 14.8 Å². The molecule has 3 aliphatic rings. The Morgan fingerprint density at radius 3 is 2.07 bits per heavy atom. The fourth-order valence-corrected chi connectivity index (χ4v) is 6.48. The van der Waals surface area contributed by atoms with Crippen molar-refractivity contribution in [3.05, 3.63) is 74.7 Å². The van der Waals surface area contributed by atoms with Gasteiger partial charge in [-0.25, -0.2) is 0 Å². The second kappa shape index (κ2) is 10.9. The molecule has 0 saturated heterocycles. The molecule has 0 unspecified atom stereocenters. The first-order valence-electron chi connectivity index (χ1n) is 14.3. The van der Waals surface area contributed by atoms with Crippen LogP contribution >= 0.6 is 11.6 Å². The number of anilines is 1. The number of rotatable bonds is 6. The summed E-state index contributed by atoms with van der Waals surface area (Å²) >= 11 is 6.76. The lowest BCUT2D eigenvalue weighted by Gasteiger charge is -2.42. The van der Waals surface area contributed by atoms with Crippen molar-refractivity contribution in [1.82, 2.24) is 0 Å². The van der Waals surface area contributed by atoms with E-state index in [0.29, 0.717) is 65.3 Å². The molecule has 0 aromatic heterocycles. The van der Waals surface area contributed by atoms with E-state index in [1.165, 1.54) is 7.11 Å². The van der Waals surface area contributed by atoms with Gasteiger partial charge in [0.05, 0.1) is 12.1 Å². The number of hydrogen-bond donors (Lipinski definition) is 1. The summed E-state index contributed by atoms with van der Waals surface area (Å²) in [6.45, 7) is 11.9. The molecule has 1 heterocycles. The average Bonchev–Trinajstić information content (AvgIpc) is 2.87. The monoisotopic (exact) mass is 591 g/mol. The van der Waals surface area contributed by atoms with Crippen LogP contribution in [0.5, 0.6) is 11.5 Å². The normalized spacial score (nSPS) is 19.6. The minimum absolute atomic E-state index is 0.0335. The average molecular weight is 592 g/mol. The molecule has 0 bridgehead atoms. The highest BCUT2D eigenvalue weighted by Gasteiger charge is 2.48. The van der Waals surface area contributed by atoms with E-state index in [1.54, 1.807) is 12.1 Å². The number of carbonyl (C=O) groups is 3. The lowest BCUT2D eigenvalue weighted by molar-refractivity contribution is -0.120. The molecule has 5 rings (SSSR count). The van der Waals surface area contributed by atoms with Crippen molar-refractivity contribution < 1.29 is 28.6 Å². The number of carbonyl (C=O) groups excluding carboxylic acids is 3. The molecule has 42 heavy (non-hydrogen) atoms. The van der Waals surface area contributed by atoms with Crippen LogP contribution in [0.2, 0.25) is 5.02 Å². The van der Waals surface area contributed by atoms with Crippen LogP contribution in [0.15, 0.2) is 53.0 Å². The molecule has 0 fully saturated rings. The first-order chi connectivity index (χ1) is 19.7. The topological polar surface area (TPSA) is 90.9 Å². The smallest absolute Gasteiger partial charge is 0.262 e. The molecule has 0 atom stereocenters. The Kier molecular flexibility index (Phi) is 7.77. The first kappa shape index (κ1) is 29.9. The van der Waals surface area contributed by atoms with Crippen molar-refractivity contribution in [1.29, 1.82) is 0 Å². The number of benzene rings is 2. The summed E-state index contributed by atoms with van der Waals surface area (Å²) in [5.74, 6) is 0.737. The maximum Gasteiger partial charge on any atom is 0.262 e. The standard InChI is InChI=1S/C34H38ClNO6/c1-18-8-9-21(10-19(18)2)36-28(39)17-41-32-22(35)11-20(12-25(32)40-7)29-30-23(37)13-33(3,4)15-26(30)42-27-16-34(5,6)14-24(38)31(27)29/h8-12,29H,13-17H2,1-7H3,(H,36,39). The number of allylic oxidation sites excluding steroid dienone is 4. The van der Waals surface area contributed by atoms with Crippen molar-refractivity contribution in [3.63, 3.8) is 0 Å². The van der Waals surface area contributed by atoms with Crippen molar-refractivity contribution in [2.45, 2.75) is 73.1 Å². The van der Waals surface area contributed by atoms with E-state index in [1.807, 2.05) is 32.0 Å². The Morgan fingerprint density at radius 1 is 0.929 bits per heavy atom. The number of halogens is 1. The van der Waals surface area contributed by atoms with Crippen LogP contribution in [0.4, 0.5) is 5.69 Å². The lowest BCUT2D eigenvalue weighted by Crippen LogP contribution is -2.37. The van der Waals surface area contributed by atoms with Crippen LogP contribution in [-0.2, 0) is 19.1 Å². The second-order valence-corrected chi connectivity index (χ2v) is 13.7. The van der Waals surface area contributed by atoms with Crippen molar-refractivity contribution in [3.8, 4) is 11.5 Å². The summed E-state index contributed by atoms with van der Waals surface area (Å²) in [6, 6.07) is 9.12. The number of aryl methyl sites for hydroxylation is 2. The second-order valence-electron chi connectivity index (χ2n) is 13.3. The van der Waals surface area contributed by atoms with E-state index >= 15 is 0 Å². The van der Waals surface area contributed by atoms with Gasteiger partial charge in [0.25, 0.3) is 5.91 Å². The highest BCUT2D eigenvalue weighted by molar-refractivity contribution is 6.32. The minimum atomic E-state index is -0.621. The van der Waals surface area contributed by atoms with Crippen LogP contribution in [0.1, 0.15) is 76.0 Å². The zero-order valence-electron chi connectivity index (χ0n) is 25.3. The van der Waals surface area contributed by atoms with Gasteiger partial charge in [0.2, 0.25) is 0 Å². The van der Waals surface area contributed by atoms with E-state index in [4.69, 9.17) is 25.8 Å². The van der Waals surface area contributed by atoms with E-state index in [-0.39, 0.29) is 45.7 Å². The maximum absolute atomic E-state index is 13.6. The van der Waals surface area contributed by atoms with E-state index in [2.05, 4.69) is 33.0 Å². The Balaban J connectivity index is 1.49. The highest BCUT2D eigenvalue weighted by Crippen LogP contribution is 2.54. The molecule has 1 amide bonds. The van der Waals surface area contributed by atoms with Crippen molar-refractivity contribution >= 4 is 34.8 Å². The molecule has 2 aromatic rings. The van der Waals surface area contributed by atoms with Crippen LogP contribution in [0.3, 0.4) is 0 Å². The number of Topliss-reactive ketones (excluding diaryl/α,β-unsaturated/α-hetero) is 2. The Hall–Kier alpha value is -3.58. The molecule has 222 valence electrons. The van der Waals surface area contributed by atoms with Gasteiger partial charge in [-0.3, -0.25) is 14.4 Å². The van der Waals surface area contributed by atoms with Crippen LogP contribution in [0.25, 0.3) is 0 Å². The zero-order chi connectivity index (χ0) is 30.6. The van der Waals surface area contributed by atoms with Gasteiger partial charge in [0, 0.05) is 48.4 Å². The van der Waals surface area contributed by atoms with E-state index < -0.39 is 5.92 Å². The minimum Gasteiger partial charge on any atom is -0.493 e. The number of ketones is 2. The van der Waals surface area contributed by atoms with Crippen LogP contribution in [-0.4, -0.2) is 31.2 Å². The molecular formula is C34H38ClNO6. The van der Waals surface area contributed by atoms with E-state index in [0.717, 1.165) is 11.1 Å². The van der Waals surface area contributed by atoms with Gasteiger partial charge >= 0.3 is 0 Å². The predicted octanol–water partition coefficient (Wildman–Crippen LogP) is 7.38. The maximum atomic E-state index is 13.6. The number of hydrogen-bond acceptors (Lipinski definition) is 6. The quantitative estimate of drug-likeness (QED) is 0.377. The summed E-state index contributed by atoms with van der Waals surface area (Å²) in [7, 11) is 1.49. The molecule has 0 saturated carbocycles. The molecule has 8 heteroatoms. The number of ether oxygens (including phenoxy) is 3. The van der Waals surface area contributed by atoms with Crippen molar-refractivity contribution in [2.24, 2.45) is 10.8 Å². The summed E-state index contributed by atoms with van der Waals surface area (Å²) in [5.41, 5.74) is 4.05. The molecule has 7 nitrogen and oxygen atoms in total. The zero-order valence-corrected chi connectivity index (χ0v) is 26.1. The predicted molar refractivity (Wildman–Crippen MR) is 162 cm³/mol. The van der Waals surface area contributed by atoms with E-state index in [9.17, 15) is 14.4 Å². The van der Waals surface area contributed by atoms with Gasteiger partial charge in [-0.2, -0.15) is 0 Å². The lowest BCUT2D eigenvalue weighted by atomic mass is 9.65. The summed E-state index contributed by atoms with van der Waals surface area (Å²) < 4.78 is 17.9. The summed E-state index contributed by atoms with van der Waals surface area (Å²) in [4.78, 5) is 39.9. The molecule has 1 N–H and O–H groups in total. The van der Waals surface area contributed by atoms with Gasteiger partial charge < -0.3 is 19.5 Å². The fourth-order valence-electron chi connectivity index (χ4n) is 6.21.